The molecule has 158 valence electrons. The first-order valence-corrected chi connectivity index (χ1v) is 13.6. The highest BCUT2D eigenvalue weighted by molar-refractivity contribution is 8.00. The molecule has 1 aliphatic carbocycles. The standard InChI is InChI=1S/C19H26N4O3S3/c1-3-22(15-8-10-29(25,26)12-15)18(24)13(2)28-19-21-20-17(23(19)14-6-7-14)11-16-5-4-9-27-16/h4-5,9,13-15H,3,6-8,10-12H2,1-2H3/t13-,15+/m1/s1. The highest BCUT2D eigenvalue weighted by atomic mass is 32.2. The number of thiophene rings is 1. The zero-order chi connectivity index (χ0) is 20.6. The SMILES string of the molecule is CCN(C(=O)[C@@H](C)Sc1nnc(Cc2cccs2)n1C1CC1)[C@H]1CCS(=O)(=O)C1. The van der Waals surface area contributed by atoms with E-state index in [1.807, 2.05) is 19.9 Å². The van der Waals surface area contributed by atoms with Crippen LogP contribution in [0.3, 0.4) is 0 Å². The lowest BCUT2D eigenvalue weighted by atomic mass is 10.2. The van der Waals surface area contributed by atoms with Gasteiger partial charge in [-0.2, -0.15) is 0 Å². The van der Waals surface area contributed by atoms with Crippen molar-refractivity contribution in [2.24, 2.45) is 0 Å². The lowest BCUT2D eigenvalue weighted by Gasteiger charge is -2.29. The Labute approximate surface area is 179 Å². The summed E-state index contributed by atoms with van der Waals surface area (Å²) in [6.45, 7) is 4.30. The minimum atomic E-state index is -3.03. The van der Waals surface area contributed by atoms with Gasteiger partial charge in [0.2, 0.25) is 5.91 Å². The van der Waals surface area contributed by atoms with E-state index in [-0.39, 0.29) is 28.7 Å². The van der Waals surface area contributed by atoms with Crippen molar-refractivity contribution in [1.82, 2.24) is 19.7 Å². The molecule has 2 aliphatic rings. The van der Waals surface area contributed by atoms with Gasteiger partial charge in [-0.15, -0.1) is 21.5 Å². The molecular weight excluding hydrogens is 428 g/mol. The average molecular weight is 455 g/mol. The number of sulfone groups is 1. The molecule has 0 bridgehead atoms. The Morgan fingerprint density at radius 1 is 1.38 bits per heavy atom. The summed E-state index contributed by atoms with van der Waals surface area (Å²) in [5.74, 6) is 1.18. The summed E-state index contributed by atoms with van der Waals surface area (Å²) in [6, 6.07) is 4.35. The molecule has 1 saturated heterocycles. The predicted octanol–water partition coefficient (Wildman–Crippen LogP) is 2.78. The number of hydrogen-bond acceptors (Lipinski definition) is 7. The van der Waals surface area contributed by atoms with Gasteiger partial charge in [0, 0.05) is 29.9 Å². The van der Waals surface area contributed by atoms with Gasteiger partial charge in [0.15, 0.2) is 15.0 Å². The Bertz CT molecular complexity index is 967. The van der Waals surface area contributed by atoms with Crippen LogP contribution in [0.25, 0.3) is 0 Å². The van der Waals surface area contributed by atoms with Crippen LogP contribution in [0.1, 0.15) is 49.9 Å². The van der Waals surface area contributed by atoms with Crippen LogP contribution in [0.5, 0.6) is 0 Å². The number of carbonyl (C=O) groups excluding carboxylic acids is 1. The molecule has 2 aromatic rings. The topological polar surface area (TPSA) is 85.2 Å². The summed E-state index contributed by atoms with van der Waals surface area (Å²) >= 11 is 3.14. The molecule has 0 spiro atoms. The van der Waals surface area contributed by atoms with Crippen LogP contribution in [0.2, 0.25) is 0 Å². The second-order valence-electron chi connectivity index (χ2n) is 7.70. The van der Waals surface area contributed by atoms with Crippen LogP contribution < -0.4 is 0 Å². The monoisotopic (exact) mass is 454 g/mol. The van der Waals surface area contributed by atoms with Crippen molar-refractivity contribution in [2.45, 2.75) is 62.0 Å². The number of rotatable bonds is 8. The normalized spacial score (nSPS) is 21.9. The molecular formula is C19H26N4O3S3. The number of amides is 1. The van der Waals surface area contributed by atoms with E-state index in [9.17, 15) is 13.2 Å². The van der Waals surface area contributed by atoms with E-state index < -0.39 is 9.84 Å². The van der Waals surface area contributed by atoms with Crippen LogP contribution in [-0.2, 0) is 21.1 Å². The molecule has 0 radical (unpaired) electrons. The Hall–Kier alpha value is -1.39. The van der Waals surface area contributed by atoms with Crippen molar-refractivity contribution in [3.8, 4) is 0 Å². The predicted molar refractivity (Wildman–Crippen MR) is 115 cm³/mol. The number of thioether (sulfide) groups is 1. The van der Waals surface area contributed by atoms with E-state index >= 15 is 0 Å². The van der Waals surface area contributed by atoms with E-state index in [1.165, 1.54) is 16.6 Å². The van der Waals surface area contributed by atoms with Crippen molar-refractivity contribution in [3.63, 3.8) is 0 Å². The van der Waals surface area contributed by atoms with Gasteiger partial charge in [0.05, 0.1) is 16.8 Å². The Balaban J connectivity index is 1.48. The minimum absolute atomic E-state index is 0.0234. The smallest absolute Gasteiger partial charge is 0.236 e. The van der Waals surface area contributed by atoms with Gasteiger partial charge in [-0.1, -0.05) is 17.8 Å². The molecule has 0 unspecified atom stereocenters. The summed E-state index contributed by atoms with van der Waals surface area (Å²) in [5.41, 5.74) is 0. The van der Waals surface area contributed by atoms with Gasteiger partial charge in [-0.05, 0) is 44.6 Å². The molecule has 2 atom stereocenters. The molecule has 2 aromatic heterocycles. The number of nitrogens with zero attached hydrogens (tertiary/aromatic N) is 4. The largest absolute Gasteiger partial charge is 0.338 e. The van der Waals surface area contributed by atoms with Crippen LogP contribution >= 0.6 is 23.1 Å². The number of carbonyl (C=O) groups is 1. The van der Waals surface area contributed by atoms with Crippen molar-refractivity contribution >= 4 is 38.8 Å². The maximum absolute atomic E-state index is 13.1. The highest BCUT2D eigenvalue weighted by Gasteiger charge is 2.36. The Kier molecular flexibility index (Phi) is 6.04. The molecule has 2 fully saturated rings. The molecule has 1 aliphatic heterocycles. The summed E-state index contributed by atoms with van der Waals surface area (Å²) in [4.78, 5) is 16.1. The minimum Gasteiger partial charge on any atom is -0.338 e. The molecule has 4 rings (SSSR count). The Morgan fingerprint density at radius 3 is 2.76 bits per heavy atom. The van der Waals surface area contributed by atoms with Crippen LogP contribution in [0.4, 0.5) is 0 Å². The first-order chi connectivity index (χ1) is 13.9. The lowest BCUT2D eigenvalue weighted by Crippen LogP contribution is -2.44. The molecule has 0 aromatic carbocycles. The van der Waals surface area contributed by atoms with Gasteiger partial charge in [0.1, 0.15) is 5.82 Å². The van der Waals surface area contributed by atoms with Crippen molar-refractivity contribution < 1.29 is 13.2 Å². The van der Waals surface area contributed by atoms with Gasteiger partial charge >= 0.3 is 0 Å². The molecule has 29 heavy (non-hydrogen) atoms. The van der Waals surface area contributed by atoms with E-state index in [0.29, 0.717) is 19.0 Å². The van der Waals surface area contributed by atoms with Crippen molar-refractivity contribution in [1.29, 1.82) is 0 Å². The highest BCUT2D eigenvalue weighted by Crippen LogP contribution is 2.40. The Morgan fingerprint density at radius 2 is 2.17 bits per heavy atom. The molecule has 7 nitrogen and oxygen atoms in total. The third-order valence-electron chi connectivity index (χ3n) is 5.46. The third-order valence-corrected chi connectivity index (χ3v) is 9.13. The molecule has 10 heteroatoms. The molecule has 1 saturated carbocycles. The van der Waals surface area contributed by atoms with Gasteiger partial charge in [-0.25, -0.2) is 8.42 Å². The fourth-order valence-corrected chi connectivity index (χ4v) is 7.27. The van der Waals surface area contributed by atoms with Crippen LogP contribution in [0.15, 0.2) is 22.7 Å². The zero-order valence-corrected chi connectivity index (χ0v) is 19.1. The van der Waals surface area contributed by atoms with Crippen LogP contribution in [-0.4, -0.2) is 63.3 Å². The third kappa shape index (κ3) is 4.69. The second-order valence-corrected chi connectivity index (χ2v) is 12.3. The maximum Gasteiger partial charge on any atom is 0.236 e. The fourth-order valence-electron chi connectivity index (χ4n) is 3.83. The number of hydrogen-bond donors (Lipinski definition) is 0. The summed E-state index contributed by atoms with van der Waals surface area (Å²) in [6.07, 6.45) is 3.52. The average Bonchev–Trinajstić information content (AvgIpc) is 3.06. The van der Waals surface area contributed by atoms with Gasteiger partial charge < -0.3 is 9.47 Å². The second kappa shape index (κ2) is 8.39. The van der Waals surface area contributed by atoms with E-state index in [4.69, 9.17) is 0 Å². The number of aromatic nitrogens is 3. The summed E-state index contributed by atoms with van der Waals surface area (Å²) in [7, 11) is -3.03. The maximum atomic E-state index is 13.1. The van der Waals surface area contributed by atoms with E-state index in [1.54, 1.807) is 16.2 Å². The van der Waals surface area contributed by atoms with Gasteiger partial charge in [0.25, 0.3) is 0 Å². The van der Waals surface area contributed by atoms with Gasteiger partial charge in [-0.3, -0.25) is 4.79 Å². The molecule has 0 N–H and O–H groups in total. The lowest BCUT2D eigenvalue weighted by molar-refractivity contribution is -0.131. The summed E-state index contributed by atoms with van der Waals surface area (Å²) in [5, 5.41) is 11.3. The first-order valence-electron chi connectivity index (χ1n) is 10.0. The van der Waals surface area contributed by atoms with Crippen LogP contribution in [0, 0.1) is 0 Å². The van der Waals surface area contributed by atoms with E-state index in [2.05, 4.69) is 26.2 Å². The molecule has 3 heterocycles. The quantitative estimate of drug-likeness (QED) is 0.570. The van der Waals surface area contributed by atoms with Crippen molar-refractivity contribution in [2.75, 3.05) is 18.1 Å². The fraction of sp³-hybridized carbons (Fsp3) is 0.632. The molecule has 1 amide bonds. The summed E-state index contributed by atoms with van der Waals surface area (Å²) < 4.78 is 25.9. The van der Waals surface area contributed by atoms with E-state index in [0.717, 1.165) is 30.2 Å². The zero-order valence-electron chi connectivity index (χ0n) is 16.7. The first kappa shape index (κ1) is 20.9. The van der Waals surface area contributed by atoms with Crippen molar-refractivity contribution in [3.05, 3.63) is 28.2 Å².